The third-order valence-corrected chi connectivity index (χ3v) is 6.03. The lowest BCUT2D eigenvalue weighted by molar-refractivity contribution is 0.364. The van der Waals surface area contributed by atoms with Gasteiger partial charge in [-0.15, -0.1) is 0 Å². The third-order valence-electron chi connectivity index (χ3n) is 6.03. The smallest absolute Gasteiger partial charge is 0.350 e. The molecule has 1 saturated heterocycles. The van der Waals surface area contributed by atoms with Crippen LogP contribution in [0.1, 0.15) is 26.8 Å². The Morgan fingerprint density at radius 3 is 1.77 bits per heavy atom. The molecule has 0 aliphatic carbocycles. The number of aromatic hydroxyl groups is 1. The van der Waals surface area contributed by atoms with Crippen molar-refractivity contribution in [1.29, 1.82) is 0 Å². The number of hydrogen-bond donors (Lipinski definition) is 1. The van der Waals surface area contributed by atoms with Gasteiger partial charge in [0.05, 0.1) is 11.7 Å². The van der Waals surface area contributed by atoms with Gasteiger partial charge in [0, 0.05) is 37.6 Å². The lowest BCUT2D eigenvalue weighted by Crippen LogP contribution is -2.46. The van der Waals surface area contributed by atoms with E-state index in [9.17, 15) is 9.90 Å². The first-order valence-corrected chi connectivity index (χ1v) is 10.5. The van der Waals surface area contributed by atoms with Gasteiger partial charge in [0.15, 0.2) is 0 Å². The molecule has 1 fully saturated rings. The maximum atomic E-state index is 12.7. The van der Waals surface area contributed by atoms with E-state index in [1.165, 1.54) is 0 Å². The zero-order valence-electron chi connectivity index (χ0n) is 17.8. The first-order chi connectivity index (χ1) is 14.4. The topological polar surface area (TPSA) is 66.5 Å². The minimum absolute atomic E-state index is 0.0582. The fraction of sp³-hybridized carbons (Fsp3) is 0.391. The van der Waals surface area contributed by atoms with Crippen molar-refractivity contribution in [2.75, 3.05) is 36.0 Å². The van der Waals surface area contributed by atoms with Crippen LogP contribution in [0.2, 0.25) is 0 Å². The van der Waals surface area contributed by atoms with Crippen LogP contribution in [0, 0.1) is 5.92 Å². The van der Waals surface area contributed by atoms with E-state index < -0.39 is 0 Å². The van der Waals surface area contributed by atoms with Crippen LogP contribution in [0.15, 0.2) is 59.7 Å². The van der Waals surface area contributed by atoms with E-state index in [4.69, 9.17) is 0 Å². The van der Waals surface area contributed by atoms with E-state index >= 15 is 0 Å². The molecule has 30 heavy (non-hydrogen) atoms. The second-order valence-electron chi connectivity index (χ2n) is 8.22. The molecule has 0 saturated carbocycles. The van der Waals surface area contributed by atoms with Gasteiger partial charge in [-0.3, -0.25) is 0 Å². The Morgan fingerprint density at radius 1 is 0.800 bits per heavy atom. The molecule has 0 bridgehead atoms. The predicted molar refractivity (Wildman–Crippen MR) is 120 cm³/mol. The standard InChI is InChI=1S/C23H29N5O2/c1-17(2)18(3)28-23(30)27(16-24-28)21-6-4-19(5-7-21)25-12-14-26(15-13-25)20-8-10-22(29)11-9-20/h4-11,16-18,29H,12-15H2,1-3H3/t18-/m1/s1. The molecule has 1 aliphatic heterocycles. The first-order valence-electron chi connectivity index (χ1n) is 10.5. The minimum atomic E-state index is -0.105. The lowest BCUT2D eigenvalue weighted by atomic mass is 10.1. The number of aromatic nitrogens is 3. The second-order valence-corrected chi connectivity index (χ2v) is 8.22. The quantitative estimate of drug-likeness (QED) is 0.703. The minimum Gasteiger partial charge on any atom is -0.508 e. The van der Waals surface area contributed by atoms with Crippen molar-refractivity contribution in [2.24, 2.45) is 5.92 Å². The van der Waals surface area contributed by atoms with Crippen LogP contribution in [0.5, 0.6) is 5.75 Å². The van der Waals surface area contributed by atoms with Gasteiger partial charge in [-0.1, -0.05) is 13.8 Å². The molecule has 4 rings (SSSR count). The van der Waals surface area contributed by atoms with E-state index in [0.717, 1.165) is 43.2 Å². The van der Waals surface area contributed by atoms with Crippen molar-refractivity contribution in [3.05, 3.63) is 65.3 Å². The van der Waals surface area contributed by atoms with Crippen LogP contribution in [0.4, 0.5) is 11.4 Å². The molecule has 0 spiro atoms. The molecule has 158 valence electrons. The summed E-state index contributed by atoms with van der Waals surface area (Å²) < 4.78 is 3.16. The van der Waals surface area contributed by atoms with Crippen LogP contribution >= 0.6 is 0 Å². The highest BCUT2D eigenvalue weighted by Gasteiger charge is 2.19. The van der Waals surface area contributed by atoms with E-state index in [2.05, 4.69) is 40.9 Å². The van der Waals surface area contributed by atoms with E-state index in [1.807, 2.05) is 31.2 Å². The number of piperazine rings is 1. The van der Waals surface area contributed by atoms with Crippen LogP contribution in [0.3, 0.4) is 0 Å². The molecule has 0 radical (unpaired) electrons. The molecule has 2 aromatic carbocycles. The van der Waals surface area contributed by atoms with Crippen molar-refractivity contribution < 1.29 is 5.11 Å². The van der Waals surface area contributed by atoms with E-state index in [-0.39, 0.29) is 11.7 Å². The fourth-order valence-electron chi connectivity index (χ4n) is 3.77. The number of nitrogens with zero attached hydrogens (tertiary/aromatic N) is 5. The van der Waals surface area contributed by atoms with Crippen molar-refractivity contribution in [2.45, 2.75) is 26.8 Å². The number of hydrogen-bond acceptors (Lipinski definition) is 5. The molecule has 3 aromatic rings. The third kappa shape index (κ3) is 3.92. The van der Waals surface area contributed by atoms with Gasteiger partial charge in [0.2, 0.25) is 0 Å². The van der Waals surface area contributed by atoms with Crippen molar-refractivity contribution in [3.8, 4) is 11.4 Å². The Morgan fingerprint density at radius 2 is 1.27 bits per heavy atom. The summed E-state index contributed by atoms with van der Waals surface area (Å²) in [5.74, 6) is 0.634. The van der Waals surface area contributed by atoms with Gasteiger partial charge in [-0.05, 0) is 61.4 Å². The Kier molecular flexibility index (Phi) is 5.53. The molecular formula is C23H29N5O2. The number of phenolic OH excluding ortho intramolecular Hbond substituents is 1. The fourth-order valence-corrected chi connectivity index (χ4v) is 3.77. The second kappa shape index (κ2) is 8.26. The van der Waals surface area contributed by atoms with Crippen molar-refractivity contribution in [1.82, 2.24) is 14.3 Å². The molecule has 1 atom stereocenters. The summed E-state index contributed by atoms with van der Waals surface area (Å²) >= 11 is 0. The highest BCUT2D eigenvalue weighted by Crippen LogP contribution is 2.23. The van der Waals surface area contributed by atoms with E-state index in [0.29, 0.717) is 11.7 Å². The molecule has 0 unspecified atom stereocenters. The summed E-state index contributed by atoms with van der Waals surface area (Å²) in [4.78, 5) is 17.4. The Hall–Kier alpha value is -3.22. The molecule has 7 heteroatoms. The predicted octanol–water partition coefficient (Wildman–Crippen LogP) is 3.28. The summed E-state index contributed by atoms with van der Waals surface area (Å²) in [6.45, 7) is 9.88. The highest BCUT2D eigenvalue weighted by atomic mass is 16.3. The van der Waals surface area contributed by atoms with Crippen LogP contribution in [-0.4, -0.2) is 45.6 Å². The summed E-state index contributed by atoms with van der Waals surface area (Å²) in [6.07, 6.45) is 1.60. The van der Waals surface area contributed by atoms with Gasteiger partial charge < -0.3 is 14.9 Å². The Labute approximate surface area is 176 Å². The molecule has 1 N–H and O–H groups in total. The first kappa shape index (κ1) is 20.1. The lowest BCUT2D eigenvalue weighted by Gasteiger charge is -2.37. The maximum Gasteiger partial charge on any atom is 0.350 e. The average Bonchev–Trinajstić information content (AvgIpc) is 3.15. The average molecular weight is 408 g/mol. The molecule has 1 aliphatic rings. The monoisotopic (exact) mass is 407 g/mol. The van der Waals surface area contributed by atoms with Crippen molar-refractivity contribution >= 4 is 11.4 Å². The summed E-state index contributed by atoms with van der Waals surface area (Å²) in [5.41, 5.74) is 3.01. The number of anilines is 2. The molecule has 2 heterocycles. The zero-order valence-corrected chi connectivity index (χ0v) is 17.8. The Bertz CT molecular complexity index is 1030. The number of phenols is 1. The zero-order chi connectivity index (χ0) is 21.3. The van der Waals surface area contributed by atoms with Crippen molar-refractivity contribution in [3.63, 3.8) is 0 Å². The summed E-state index contributed by atoms with van der Waals surface area (Å²) in [7, 11) is 0. The summed E-state index contributed by atoms with van der Waals surface area (Å²) in [5, 5.41) is 13.8. The Balaban J connectivity index is 1.44. The van der Waals surface area contributed by atoms with Gasteiger partial charge in [0.25, 0.3) is 0 Å². The summed E-state index contributed by atoms with van der Waals surface area (Å²) in [6, 6.07) is 15.5. The number of rotatable bonds is 5. The SMILES string of the molecule is CC(C)[C@@H](C)n1ncn(-c2ccc(N3CCN(c4ccc(O)cc4)CC3)cc2)c1=O. The van der Waals surface area contributed by atoms with Gasteiger partial charge in [0.1, 0.15) is 12.1 Å². The van der Waals surface area contributed by atoms with Crippen LogP contribution in [0.25, 0.3) is 5.69 Å². The number of benzene rings is 2. The van der Waals surface area contributed by atoms with Gasteiger partial charge in [-0.25, -0.2) is 14.0 Å². The van der Waals surface area contributed by atoms with Gasteiger partial charge >= 0.3 is 5.69 Å². The van der Waals surface area contributed by atoms with Gasteiger partial charge in [-0.2, -0.15) is 5.10 Å². The van der Waals surface area contributed by atoms with E-state index in [1.54, 1.807) is 27.7 Å². The molecule has 7 nitrogen and oxygen atoms in total. The molecule has 1 aromatic heterocycles. The van der Waals surface area contributed by atoms with Crippen LogP contribution in [-0.2, 0) is 0 Å². The van der Waals surface area contributed by atoms with Crippen LogP contribution < -0.4 is 15.5 Å². The normalized spacial score (nSPS) is 15.6. The molecular weight excluding hydrogens is 378 g/mol. The molecule has 0 amide bonds. The maximum absolute atomic E-state index is 12.7. The largest absolute Gasteiger partial charge is 0.508 e. The highest BCUT2D eigenvalue weighted by molar-refractivity contribution is 5.54.